The quantitative estimate of drug-likeness (QED) is 0.618. The van der Waals surface area contributed by atoms with E-state index in [9.17, 15) is 9.59 Å². The van der Waals surface area contributed by atoms with Crippen LogP contribution in [0.25, 0.3) is 5.69 Å². The summed E-state index contributed by atoms with van der Waals surface area (Å²) in [4.78, 5) is 29.0. The van der Waals surface area contributed by atoms with Crippen LogP contribution in [-0.4, -0.2) is 57.5 Å². The van der Waals surface area contributed by atoms with Gasteiger partial charge in [0.1, 0.15) is 6.54 Å². The standard InChI is InChI=1S/C24H27N5O3/c1-17-8-6-12-21(18(17)2)26-23(30)16-28(15-20-11-7-13-32-20)24(31)22-14-25-29(27-22)19-9-4-3-5-10-19/h3-6,8-10,12,14,20H,7,11,13,15-16H2,1-2H3,(H,26,30)/t20-/m0/s1. The summed E-state index contributed by atoms with van der Waals surface area (Å²) in [5.41, 5.74) is 3.78. The summed E-state index contributed by atoms with van der Waals surface area (Å²) in [5.74, 6) is -0.612. The molecule has 3 aromatic rings. The molecule has 1 atom stereocenters. The smallest absolute Gasteiger partial charge is 0.276 e. The van der Waals surface area contributed by atoms with Crippen LogP contribution in [0.15, 0.2) is 54.7 Å². The van der Waals surface area contributed by atoms with Gasteiger partial charge in [0.2, 0.25) is 5.91 Å². The summed E-state index contributed by atoms with van der Waals surface area (Å²) >= 11 is 0. The van der Waals surface area contributed by atoms with Gasteiger partial charge in [-0.2, -0.15) is 9.90 Å². The second kappa shape index (κ2) is 9.74. The van der Waals surface area contributed by atoms with E-state index in [1.165, 1.54) is 15.9 Å². The highest BCUT2D eigenvalue weighted by Crippen LogP contribution is 2.19. The van der Waals surface area contributed by atoms with Crippen LogP contribution in [0.5, 0.6) is 0 Å². The Labute approximate surface area is 187 Å². The van der Waals surface area contributed by atoms with Crippen molar-refractivity contribution < 1.29 is 14.3 Å². The lowest BCUT2D eigenvalue weighted by molar-refractivity contribution is -0.117. The minimum Gasteiger partial charge on any atom is -0.376 e. The fourth-order valence-electron chi connectivity index (χ4n) is 3.71. The van der Waals surface area contributed by atoms with Gasteiger partial charge < -0.3 is 15.0 Å². The second-order valence-corrected chi connectivity index (χ2v) is 7.97. The third-order valence-electron chi connectivity index (χ3n) is 5.65. The Morgan fingerprint density at radius 2 is 1.97 bits per heavy atom. The third kappa shape index (κ3) is 5.03. The first-order chi connectivity index (χ1) is 15.5. The van der Waals surface area contributed by atoms with E-state index in [1.54, 1.807) is 0 Å². The Bertz CT molecular complexity index is 1090. The van der Waals surface area contributed by atoms with E-state index in [0.717, 1.165) is 35.3 Å². The summed E-state index contributed by atoms with van der Waals surface area (Å²) in [6, 6.07) is 15.1. The molecule has 0 saturated carbocycles. The van der Waals surface area contributed by atoms with Crippen LogP contribution in [0.2, 0.25) is 0 Å². The number of carbonyl (C=O) groups is 2. The maximum atomic E-state index is 13.3. The normalized spacial score (nSPS) is 15.5. The average Bonchev–Trinajstić information content (AvgIpc) is 3.49. The molecule has 0 radical (unpaired) electrons. The molecule has 0 aliphatic carbocycles. The van der Waals surface area contributed by atoms with Crippen LogP contribution < -0.4 is 5.32 Å². The van der Waals surface area contributed by atoms with Crippen LogP contribution in [0.4, 0.5) is 5.69 Å². The van der Waals surface area contributed by atoms with Crippen molar-refractivity contribution in [1.29, 1.82) is 0 Å². The Hall–Kier alpha value is -3.52. The molecule has 4 rings (SSSR count). The summed E-state index contributed by atoms with van der Waals surface area (Å²) < 4.78 is 5.71. The molecular weight excluding hydrogens is 406 g/mol. The molecule has 0 bridgehead atoms. The van der Waals surface area contributed by atoms with E-state index < -0.39 is 0 Å². The lowest BCUT2D eigenvalue weighted by Crippen LogP contribution is -2.42. The monoisotopic (exact) mass is 433 g/mol. The highest BCUT2D eigenvalue weighted by atomic mass is 16.5. The van der Waals surface area contributed by atoms with E-state index in [-0.39, 0.29) is 30.2 Å². The lowest BCUT2D eigenvalue weighted by atomic mass is 10.1. The van der Waals surface area contributed by atoms with E-state index >= 15 is 0 Å². The van der Waals surface area contributed by atoms with E-state index in [0.29, 0.717) is 13.2 Å². The number of rotatable bonds is 7. The number of para-hydroxylation sites is 1. The number of benzene rings is 2. The van der Waals surface area contributed by atoms with Crippen LogP contribution in [0.1, 0.15) is 34.5 Å². The van der Waals surface area contributed by atoms with Crippen molar-refractivity contribution in [3.8, 4) is 5.69 Å². The predicted octanol–water partition coefficient (Wildman–Crippen LogP) is 3.14. The van der Waals surface area contributed by atoms with Gasteiger partial charge in [-0.05, 0) is 56.0 Å². The van der Waals surface area contributed by atoms with E-state index in [1.807, 2.05) is 62.4 Å². The number of aryl methyl sites for hydroxylation is 1. The van der Waals surface area contributed by atoms with Crippen molar-refractivity contribution in [2.75, 3.05) is 25.0 Å². The Kier molecular flexibility index (Phi) is 6.61. The number of anilines is 1. The molecule has 2 aromatic carbocycles. The molecule has 8 heteroatoms. The van der Waals surface area contributed by atoms with Gasteiger partial charge in [0.15, 0.2) is 5.69 Å². The fraction of sp³-hybridized carbons (Fsp3) is 0.333. The highest BCUT2D eigenvalue weighted by molar-refractivity contribution is 5.98. The largest absolute Gasteiger partial charge is 0.376 e. The van der Waals surface area contributed by atoms with Crippen molar-refractivity contribution in [2.45, 2.75) is 32.8 Å². The maximum Gasteiger partial charge on any atom is 0.276 e. The first-order valence-corrected chi connectivity index (χ1v) is 10.8. The molecule has 1 aliphatic rings. The van der Waals surface area contributed by atoms with Crippen LogP contribution in [-0.2, 0) is 9.53 Å². The number of aromatic nitrogens is 3. The molecule has 1 N–H and O–H groups in total. The zero-order valence-electron chi connectivity index (χ0n) is 18.3. The van der Waals surface area contributed by atoms with Gasteiger partial charge in [0, 0.05) is 18.8 Å². The number of ether oxygens (including phenoxy) is 1. The molecule has 2 amide bonds. The van der Waals surface area contributed by atoms with Crippen molar-refractivity contribution >= 4 is 17.5 Å². The molecule has 1 aliphatic heterocycles. The molecule has 0 spiro atoms. The third-order valence-corrected chi connectivity index (χ3v) is 5.65. The van der Waals surface area contributed by atoms with Gasteiger partial charge in [-0.1, -0.05) is 30.3 Å². The Morgan fingerprint density at radius 3 is 2.72 bits per heavy atom. The summed E-state index contributed by atoms with van der Waals surface area (Å²) in [6.07, 6.45) is 3.15. The molecule has 8 nitrogen and oxygen atoms in total. The lowest BCUT2D eigenvalue weighted by Gasteiger charge is -2.24. The second-order valence-electron chi connectivity index (χ2n) is 7.97. The number of nitrogens with one attached hydrogen (secondary N) is 1. The maximum absolute atomic E-state index is 13.3. The highest BCUT2D eigenvalue weighted by Gasteiger charge is 2.27. The van der Waals surface area contributed by atoms with E-state index in [2.05, 4.69) is 15.5 Å². The van der Waals surface area contributed by atoms with Crippen LogP contribution >= 0.6 is 0 Å². The first kappa shape index (κ1) is 21.7. The fourth-order valence-corrected chi connectivity index (χ4v) is 3.71. The van der Waals surface area contributed by atoms with Gasteiger partial charge in [-0.3, -0.25) is 9.59 Å². The minimum atomic E-state index is -0.348. The Morgan fingerprint density at radius 1 is 1.16 bits per heavy atom. The van der Waals surface area contributed by atoms with Crippen molar-refractivity contribution in [2.24, 2.45) is 0 Å². The van der Waals surface area contributed by atoms with Gasteiger partial charge in [0.25, 0.3) is 5.91 Å². The van der Waals surface area contributed by atoms with Crippen molar-refractivity contribution in [1.82, 2.24) is 19.9 Å². The SMILES string of the molecule is Cc1cccc(NC(=O)CN(C[C@@H]2CCCO2)C(=O)c2cnn(-c3ccccc3)n2)c1C. The number of carbonyl (C=O) groups excluding carboxylic acids is 2. The first-order valence-electron chi connectivity index (χ1n) is 10.8. The number of hydrogen-bond donors (Lipinski definition) is 1. The summed E-state index contributed by atoms with van der Waals surface area (Å²) in [7, 11) is 0. The van der Waals surface area contributed by atoms with Crippen molar-refractivity contribution in [3.63, 3.8) is 0 Å². The molecule has 2 heterocycles. The molecular formula is C24H27N5O3. The minimum absolute atomic E-state index is 0.0865. The molecule has 1 saturated heterocycles. The summed E-state index contributed by atoms with van der Waals surface area (Å²) in [6.45, 7) is 4.86. The molecule has 1 fully saturated rings. The average molecular weight is 434 g/mol. The predicted molar refractivity (Wildman–Crippen MR) is 121 cm³/mol. The molecule has 1 aromatic heterocycles. The zero-order valence-corrected chi connectivity index (χ0v) is 18.3. The Balaban J connectivity index is 1.51. The van der Waals surface area contributed by atoms with Crippen molar-refractivity contribution in [3.05, 3.63) is 71.5 Å². The molecule has 32 heavy (non-hydrogen) atoms. The molecule has 166 valence electrons. The summed E-state index contributed by atoms with van der Waals surface area (Å²) in [5, 5.41) is 11.5. The number of amides is 2. The molecule has 0 unspecified atom stereocenters. The van der Waals surface area contributed by atoms with Gasteiger partial charge >= 0.3 is 0 Å². The van der Waals surface area contributed by atoms with Gasteiger partial charge in [-0.25, -0.2) is 0 Å². The topological polar surface area (TPSA) is 89.4 Å². The van der Waals surface area contributed by atoms with Crippen LogP contribution in [0.3, 0.4) is 0 Å². The number of nitrogens with zero attached hydrogens (tertiary/aromatic N) is 4. The van der Waals surface area contributed by atoms with Crippen LogP contribution in [0, 0.1) is 13.8 Å². The number of hydrogen-bond acceptors (Lipinski definition) is 5. The zero-order chi connectivity index (χ0) is 22.5. The van der Waals surface area contributed by atoms with Gasteiger partial charge in [-0.15, -0.1) is 5.10 Å². The van der Waals surface area contributed by atoms with Gasteiger partial charge in [0.05, 0.1) is 18.0 Å². The van der Waals surface area contributed by atoms with E-state index in [4.69, 9.17) is 4.74 Å².